The molecule has 0 aliphatic rings. The Kier molecular flexibility index (Phi) is 6.35. The number of halogens is 3. The molecule has 3 aromatic carbocycles. The first-order valence-electron chi connectivity index (χ1n) is 10.0. The highest BCUT2D eigenvalue weighted by molar-refractivity contribution is 7.15. The Hall–Kier alpha value is -3.09. The molecule has 164 valence electrons. The summed E-state index contributed by atoms with van der Waals surface area (Å²) in [6.07, 6.45) is -4.36. The number of rotatable bonds is 6. The van der Waals surface area contributed by atoms with E-state index >= 15 is 0 Å². The molecule has 0 aliphatic carbocycles. The molecule has 1 heterocycles. The van der Waals surface area contributed by atoms with Crippen molar-refractivity contribution < 1.29 is 23.0 Å². The maximum Gasteiger partial charge on any atom is 0.416 e. The van der Waals surface area contributed by atoms with Crippen molar-refractivity contribution >= 4 is 11.3 Å². The number of aryl methyl sites for hydroxylation is 1. The SMILES string of the molecule is Cc1ccc(-c2ccc(OCc3cc(-c4ccc(C(F)(F)F)cc4)sc3CO)cc2)cc1. The fourth-order valence-electron chi connectivity index (χ4n) is 3.34. The van der Waals surface area contributed by atoms with Crippen molar-refractivity contribution in [1.82, 2.24) is 0 Å². The lowest BCUT2D eigenvalue weighted by atomic mass is 10.0. The summed E-state index contributed by atoms with van der Waals surface area (Å²) in [5.74, 6) is 0.701. The maximum atomic E-state index is 12.8. The van der Waals surface area contributed by atoms with E-state index in [0.717, 1.165) is 38.6 Å². The lowest BCUT2D eigenvalue weighted by Gasteiger charge is -2.08. The van der Waals surface area contributed by atoms with Gasteiger partial charge in [0.05, 0.1) is 12.2 Å². The number of hydrogen-bond donors (Lipinski definition) is 1. The van der Waals surface area contributed by atoms with E-state index in [-0.39, 0.29) is 13.2 Å². The van der Waals surface area contributed by atoms with Gasteiger partial charge < -0.3 is 9.84 Å². The summed E-state index contributed by atoms with van der Waals surface area (Å²) < 4.78 is 44.3. The summed E-state index contributed by atoms with van der Waals surface area (Å²) in [5, 5.41) is 9.71. The number of aliphatic hydroxyl groups excluding tert-OH is 1. The van der Waals surface area contributed by atoms with Crippen LogP contribution in [-0.4, -0.2) is 5.11 Å². The molecule has 0 spiro atoms. The van der Waals surface area contributed by atoms with Crippen LogP contribution >= 0.6 is 11.3 Å². The lowest BCUT2D eigenvalue weighted by Crippen LogP contribution is -2.03. The van der Waals surface area contributed by atoms with Gasteiger partial charge in [0, 0.05) is 15.3 Å². The van der Waals surface area contributed by atoms with Gasteiger partial charge in [-0.15, -0.1) is 11.3 Å². The van der Waals surface area contributed by atoms with Crippen molar-refractivity contribution in [3.8, 4) is 27.3 Å². The summed E-state index contributed by atoms with van der Waals surface area (Å²) >= 11 is 1.35. The largest absolute Gasteiger partial charge is 0.489 e. The Morgan fingerprint density at radius 1 is 0.812 bits per heavy atom. The van der Waals surface area contributed by atoms with Gasteiger partial charge in [-0.05, 0) is 53.9 Å². The first-order chi connectivity index (χ1) is 15.3. The van der Waals surface area contributed by atoms with Crippen molar-refractivity contribution in [2.75, 3.05) is 0 Å². The predicted octanol–water partition coefficient (Wildman–Crippen LogP) is 7.48. The monoisotopic (exact) mass is 454 g/mol. The summed E-state index contributed by atoms with van der Waals surface area (Å²) in [4.78, 5) is 1.52. The minimum atomic E-state index is -4.36. The van der Waals surface area contributed by atoms with Gasteiger partial charge in [0.25, 0.3) is 0 Å². The van der Waals surface area contributed by atoms with Crippen LogP contribution in [0.1, 0.15) is 21.6 Å². The van der Waals surface area contributed by atoms with Crippen LogP contribution in [0.25, 0.3) is 21.6 Å². The lowest BCUT2D eigenvalue weighted by molar-refractivity contribution is -0.137. The molecule has 0 bridgehead atoms. The first-order valence-corrected chi connectivity index (χ1v) is 10.8. The zero-order valence-electron chi connectivity index (χ0n) is 17.3. The highest BCUT2D eigenvalue weighted by atomic mass is 32.1. The van der Waals surface area contributed by atoms with Crippen LogP contribution < -0.4 is 4.74 Å². The van der Waals surface area contributed by atoms with E-state index in [4.69, 9.17) is 4.74 Å². The predicted molar refractivity (Wildman–Crippen MR) is 122 cm³/mol. The molecule has 4 aromatic rings. The van der Waals surface area contributed by atoms with E-state index in [1.807, 2.05) is 30.3 Å². The Morgan fingerprint density at radius 2 is 1.38 bits per heavy atom. The second-order valence-corrected chi connectivity index (χ2v) is 8.61. The molecule has 0 unspecified atom stereocenters. The topological polar surface area (TPSA) is 29.5 Å². The molecule has 32 heavy (non-hydrogen) atoms. The molecule has 0 amide bonds. The number of ether oxygens (including phenoxy) is 1. The van der Waals surface area contributed by atoms with Crippen LogP contribution in [0.3, 0.4) is 0 Å². The van der Waals surface area contributed by atoms with Crippen molar-refractivity contribution in [3.05, 3.63) is 100 Å². The number of aliphatic hydroxyl groups is 1. The zero-order chi connectivity index (χ0) is 22.7. The van der Waals surface area contributed by atoms with Crippen LogP contribution in [0.2, 0.25) is 0 Å². The van der Waals surface area contributed by atoms with Crippen LogP contribution in [0.15, 0.2) is 78.9 Å². The highest BCUT2D eigenvalue weighted by Crippen LogP contribution is 2.35. The third-order valence-corrected chi connectivity index (χ3v) is 6.38. The minimum absolute atomic E-state index is 0.156. The number of alkyl halides is 3. The third-order valence-electron chi connectivity index (χ3n) is 5.17. The summed E-state index contributed by atoms with van der Waals surface area (Å²) in [6.45, 7) is 2.15. The van der Waals surface area contributed by atoms with E-state index in [9.17, 15) is 18.3 Å². The Bertz CT molecular complexity index is 1180. The van der Waals surface area contributed by atoms with Gasteiger partial charge in [-0.25, -0.2) is 0 Å². The fourth-order valence-corrected chi connectivity index (χ4v) is 4.37. The van der Waals surface area contributed by atoms with E-state index in [1.165, 1.54) is 29.0 Å². The van der Waals surface area contributed by atoms with Crippen LogP contribution in [0.4, 0.5) is 13.2 Å². The summed E-state index contributed by atoms with van der Waals surface area (Å²) in [7, 11) is 0. The van der Waals surface area contributed by atoms with E-state index in [0.29, 0.717) is 11.3 Å². The molecule has 6 heteroatoms. The van der Waals surface area contributed by atoms with Crippen molar-refractivity contribution in [2.45, 2.75) is 26.3 Å². The van der Waals surface area contributed by atoms with E-state index < -0.39 is 11.7 Å². The second kappa shape index (κ2) is 9.18. The molecule has 0 radical (unpaired) electrons. The number of benzene rings is 3. The molecular formula is C26H21F3O2S. The first kappa shape index (κ1) is 22.1. The molecule has 2 nitrogen and oxygen atoms in total. The quantitative estimate of drug-likeness (QED) is 0.327. The smallest absolute Gasteiger partial charge is 0.416 e. The number of hydrogen-bond acceptors (Lipinski definition) is 3. The average molecular weight is 455 g/mol. The normalized spacial score (nSPS) is 11.5. The summed E-state index contributed by atoms with van der Waals surface area (Å²) in [5.41, 5.74) is 4.23. The summed E-state index contributed by atoms with van der Waals surface area (Å²) in [6, 6.07) is 23.0. The molecule has 4 rings (SSSR count). The number of thiophene rings is 1. The molecule has 0 saturated heterocycles. The van der Waals surface area contributed by atoms with Crippen LogP contribution in [0.5, 0.6) is 5.75 Å². The molecule has 0 atom stereocenters. The maximum absolute atomic E-state index is 12.8. The van der Waals surface area contributed by atoms with Gasteiger partial charge in [0.1, 0.15) is 12.4 Å². The standard InChI is InChI=1S/C26H21F3O2S/c1-17-2-4-18(5-3-17)19-8-12-23(13-9-19)31-16-21-14-24(32-25(21)15-30)20-6-10-22(11-7-20)26(27,28)29/h2-14,30H,15-16H2,1H3. The van der Waals surface area contributed by atoms with Crippen LogP contribution in [-0.2, 0) is 19.4 Å². The van der Waals surface area contributed by atoms with Crippen molar-refractivity contribution in [3.63, 3.8) is 0 Å². The van der Waals surface area contributed by atoms with Gasteiger partial charge >= 0.3 is 6.18 Å². The molecule has 1 N–H and O–H groups in total. The average Bonchev–Trinajstić information content (AvgIpc) is 3.21. The molecule has 0 fully saturated rings. The molecule has 0 saturated carbocycles. The minimum Gasteiger partial charge on any atom is -0.489 e. The van der Waals surface area contributed by atoms with Gasteiger partial charge in [0.2, 0.25) is 0 Å². The van der Waals surface area contributed by atoms with E-state index in [1.54, 1.807) is 0 Å². The molecule has 1 aromatic heterocycles. The molecule has 0 aliphatic heterocycles. The van der Waals surface area contributed by atoms with Crippen LogP contribution in [0, 0.1) is 6.92 Å². The van der Waals surface area contributed by atoms with Gasteiger partial charge in [-0.2, -0.15) is 13.2 Å². The van der Waals surface area contributed by atoms with Crippen molar-refractivity contribution in [1.29, 1.82) is 0 Å². The Labute approximate surface area is 188 Å². The van der Waals surface area contributed by atoms with Crippen molar-refractivity contribution in [2.24, 2.45) is 0 Å². The van der Waals surface area contributed by atoms with Gasteiger partial charge in [-0.3, -0.25) is 0 Å². The fraction of sp³-hybridized carbons (Fsp3) is 0.154. The second-order valence-electron chi connectivity index (χ2n) is 7.47. The van der Waals surface area contributed by atoms with E-state index in [2.05, 4.69) is 31.2 Å². The Morgan fingerprint density at radius 3 is 1.94 bits per heavy atom. The third kappa shape index (κ3) is 5.03. The highest BCUT2D eigenvalue weighted by Gasteiger charge is 2.30. The van der Waals surface area contributed by atoms with Gasteiger partial charge in [0.15, 0.2) is 0 Å². The Balaban J connectivity index is 1.46. The zero-order valence-corrected chi connectivity index (χ0v) is 18.1. The van der Waals surface area contributed by atoms with Gasteiger partial charge in [-0.1, -0.05) is 54.1 Å². The molecular weight excluding hydrogens is 433 g/mol.